The summed E-state index contributed by atoms with van der Waals surface area (Å²) >= 11 is 0. The van der Waals surface area contributed by atoms with Crippen molar-refractivity contribution in [1.29, 1.82) is 0 Å². The lowest BCUT2D eigenvalue weighted by Gasteiger charge is -2.31. The number of aryl methyl sites for hydroxylation is 1. The van der Waals surface area contributed by atoms with E-state index in [0.29, 0.717) is 25.9 Å². The Balaban J connectivity index is 1.53. The number of furan rings is 1. The summed E-state index contributed by atoms with van der Waals surface area (Å²) in [6, 6.07) is 8.47. The van der Waals surface area contributed by atoms with Gasteiger partial charge in [-0.1, -0.05) is 0 Å². The van der Waals surface area contributed by atoms with Crippen LogP contribution in [-0.4, -0.2) is 38.3 Å². The largest absolute Gasteiger partial charge is 0.469 e. The van der Waals surface area contributed by atoms with E-state index in [1.165, 1.54) is 16.4 Å². The molecule has 1 amide bonds. The summed E-state index contributed by atoms with van der Waals surface area (Å²) in [5, 5.41) is 2.88. The number of sulfonamides is 1. The fourth-order valence-electron chi connectivity index (χ4n) is 3.20. The topological polar surface area (TPSA) is 79.6 Å². The van der Waals surface area contributed by atoms with Crippen molar-refractivity contribution in [1.82, 2.24) is 9.62 Å². The van der Waals surface area contributed by atoms with Crippen molar-refractivity contribution >= 4 is 15.9 Å². The van der Waals surface area contributed by atoms with Crippen molar-refractivity contribution < 1.29 is 22.0 Å². The van der Waals surface area contributed by atoms with Crippen LogP contribution in [0, 0.1) is 11.7 Å². The molecule has 1 aliphatic heterocycles. The molecular formula is C19H23FN2O4S. The molecule has 0 radical (unpaired) electrons. The first-order valence-corrected chi connectivity index (χ1v) is 10.5. The molecule has 0 spiro atoms. The molecule has 2 aromatic rings. The number of carbonyl (C=O) groups is 1. The van der Waals surface area contributed by atoms with Gasteiger partial charge in [0.15, 0.2) is 0 Å². The van der Waals surface area contributed by atoms with Crippen LogP contribution in [0.15, 0.2) is 52.0 Å². The summed E-state index contributed by atoms with van der Waals surface area (Å²) in [7, 11) is -3.73. The normalized spacial score (nSPS) is 18.3. The van der Waals surface area contributed by atoms with Crippen LogP contribution < -0.4 is 5.32 Å². The summed E-state index contributed by atoms with van der Waals surface area (Å²) in [5.74, 6) is -0.121. The molecule has 6 nitrogen and oxygen atoms in total. The Morgan fingerprint density at radius 1 is 1.26 bits per heavy atom. The number of benzene rings is 1. The Morgan fingerprint density at radius 3 is 2.74 bits per heavy atom. The Hall–Kier alpha value is -2.19. The molecule has 1 fully saturated rings. The summed E-state index contributed by atoms with van der Waals surface area (Å²) in [6.45, 7) is 1.02. The van der Waals surface area contributed by atoms with Crippen LogP contribution in [-0.2, 0) is 21.2 Å². The highest BCUT2D eigenvalue weighted by atomic mass is 32.2. The number of rotatable bonds is 7. The highest BCUT2D eigenvalue weighted by Gasteiger charge is 2.33. The number of amides is 1. The summed E-state index contributed by atoms with van der Waals surface area (Å²) < 4.78 is 45.1. The van der Waals surface area contributed by atoms with E-state index >= 15 is 0 Å². The molecule has 3 rings (SSSR count). The maximum Gasteiger partial charge on any atom is 0.243 e. The zero-order valence-electron chi connectivity index (χ0n) is 14.9. The van der Waals surface area contributed by atoms with Gasteiger partial charge in [-0.25, -0.2) is 12.8 Å². The second-order valence-electron chi connectivity index (χ2n) is 6.63. The second-order valence-corrected chi connectivity index (χ2v) is 8.57. The van der Waals surface area contributed by atoms with Crippen molar-refractivity contribution in [3.63, 3.8) is 0 Å². The van der Waals surface area contributed by atoms with Gasteiger partial charge in [0.25, 0.3) is 0 Å². The van der Waals surface area contributed by atoms with E-state index in [2.05, 4.69) is 5.32 Å². The molecule has 1 aliphatic rings. The van der Waals surface area contributed by atoms with Gasteiger partial charge in [0.2, 0.25) is 15.9 Å². The number of piperidine rings is 1. The van der Waals surface area contributed by atoms with Crippen molar-refractivity contribution in [3.05, 3.63) is 54.2 Å². The maximum absolute atomic E-state index is 13.1. The first-order chi connectivity index (χ1) is 13.0. The van der Waals surface area contributed by atoms with Crippen LogP contribution in [0.2, 0.25) is 0 Å². The van der Waals surface area contributed by atoms with E-state index in [1.54, 1.807) is 6.26 Å². The molecule has 1 aromatic heterocycles. The monoisotopic (exact) mass is 394 g/mol. The maximum atomic E-state index is 13.1. The predicted octanol–water partition coefficient (Wildman–Crippen LogP) is 2.57. The molecular weight excluding hydrogens is 371 g/mol. The number of hydrogen-bond acceptors (Lipinski definition) is 4. The van der Waals surface area contributed by atoms with Crippen molar-refractivity contribution in [2.45, 2.75) is 30.6 Å². The molecule has 1 aromatic carbocycles. The van der Waals surface area contributed by atoms with Gasteiger partial charge in [-0.15, -0.1) is 0 Å². The minimum Gasteiger partial charge on any atom is -0.469 e. The van der Waals surface area contributed by atoms with E-state index in [0.717, 1.165) is 30.7 Å². The van der Waals surface area contributed by atoms with Crippen LogP contribution in [0.25, 0.3) is 0 Å². The molecule has 2 heterocycles. The van der Waals surface area contributed by atoms with Crippen LogP contribution in [0.3, 0.4) is 0 Å². The van der Waals surface area contributed by atoms with E-state index in [9.17, 15) is 17.6 Å². The summed E-state index contributed by atoms with van der Waals surface area (Å²) in [4.78, 5) is 12.5. The summed E-state index contributed by atoms with van der Waals surface area (Å²) in [5.41, 5.74) is 0. The van der Waals surface area contributed by atoms with Gasteiger partial charge in [-0.05, 0) is 55.7 Å². The number of nitrogens with one attached hydrogen (secondary N) is 1. The van der Waals surface area contributed by atoms with Gasteiger partial charge < -0.3 is 9.73 Å². The van der Waals surface area contributed by atoms with Crippen LogP contribution in [0.5, 0.6) is 0 Å². The lowest BCUT2D eigenvalue weighted by atomic mass is 9.99. The van der Waals surface area contributed by atoms with Crippen molar-refractivity contribution in [3.8, 4) is 0 Å². The Bertz CT molecular complexity index is 850. The van der Waals surface area contributed by atoms with Crippen LogP contribution in [0.4, 0.5) is 4.39 Å². The zero-order chi connectivity index (χ0) is 19.3. The minimum atomic E-state index is -3.73. The SMILES string of the molecule is O=C(NCCCc1ccco1)C1CCCN(S(=O)(=O)c2ccc(F)cc2)C1. The first kappa shape index (κ1) is 19.6. The van der Waals surface area contributed by atoms with E-state index < -0.39 is 15.8 Å². The highest BCUT2D eigenvalue weighted by Crippen LogP contribution is 2.24. The number of hydrogen-bond donors (Lipinski definition) is 1. The minimum absolute atomic E-state index is 0.0448. The van der Waals surface area contributed by atoms with Crippen molar-refractivity contribution in [2.75, 3.05) is 19.6 Å². The lowest BCUT2D eigenvalue weighted by Crippen LogP contribution is -2.45. The smallest absolute Gasteiger partial charge is 0.243 e. The van der Waals surface area contributed by atoms with Crippen LogP contribution in [0.1, 0.15) is 25.0 Å². The standard InChI is InChI=1S/C19H23FN2O4S/c20-16-7-9-18(10-8-16)27(24,25)22-12-2-4-15(14-22)19(23)21-11-1-5-17-6-3-13-26-17/h3,6-10,13,15H,1-2,4-5,11-12,14H2,(H,21,23). The third kappa shape index (κ3) is 4.95. The van der Waals surface area contributed by atoms with Gasteiger partial charge in [-0.2, -0.15) is 4.31 Å². The molecule has 0 bridgehead atoms. The first-order valence-electron chi connectivity index (χ1n) is 9.02. The third-order valence-electron chi connectivity index (χ3n) is 4.69. The Labute approximate surface area is 158 Å². The van der Waals surface area contributed by atoms with Crippen molar-refractivity contribution in [2.24, 2.45) is 5.92 Å². The third-order valence-corrected chi connectivity index (χ3v) is 6.56. The average Bonchev–Trinajstić information content (AvgIpc) is 3.19. The molecule has 1 N–H and O–H groups in total. The number of halogens is 1. The number of nitrogens with zero attached hydrogens (tertiary/aromatic N) is 1. The zero-order valence-corrected chi connectivity index (χ0v) is 15.8. The quantitative estimate of drug-likeness (QED) is 0.732. The predicted molar refractivity (Wildman–Crippen MR) is 97.9 cm³/mol. The Kier molecular flexibility index (Phi) is 6.28. The molecule has 1 saturated heterocycles. The fraction of sp³-hybridized carbons (Fsp3) is 0.421. The van der Waals surface area contributed by atoms with E-state index in [4.69, 9.17) is 4.42 Å². The van der Waals surface area contributed by atoms with E-state index in [1.807, 2.05) is 12.1 Å². The van der Waals surface area contributed by atoms with E-state index in [-0.39, 0.29) is 23.3 Å². The molecule has 8 heteroatoms. The van der Waals surface area contributed by atoms with Gasteiger partial charge in [-0.3, -0.25) is 4.79 Å². The molecule has 1 atom stereocenters. The van der Waals surface area contributed by atoms with Gasteiger partial charge in [0.1, 0.15) is 11.6 Å². The van der Waals surface area contributed by atoms with Gasteiger partial charge in [0.05, 0.1) is 17.1 Å². The van der Waals surface area contributed by atoms with Gasteiger partial charge >= 0.3 is 0 Å². The lowest BCUT2D eigenvalue weighted by molar-refractivity contribution is -0.126. The molecule has 146 valence electrons. The fourth-order valence-corrected chi connectivity index (χ4v) is 4.73. The highest BCUT2D eigenvalue weighted by molar-refractivity contribution is 7.89. The molecule has 0 aliphatic carbocycles. The molecule has 1 unspecified atom stereocenters. The van der Waals surface area contributed by atoms with Gasteiger partial charge in [0, 0.05) is 26.1 Å². The Morgan fingerprint density at radius 2 is 2.04 bits per heavy atom. The second kappa shape index (κ2) is 8.67. The summed E-state index contributed by atoms with van der Waals surface area (Å²) in [6.07, 6.45) is 4.38. The number of carbonyl (C=O) groups excluding carboxylic acids is 1. The molecule has 27 heavy (non-hydrogen) atoms. The average molecular weight is 394 g/mol. The van der Waals surface area contributed by atoms with Crippen LogP contribution >= 0.6 is 0 Å². The molecule has 0 saturated carbocycles.